The molecule has 1 aromatic heterocycles. The largest absolute Gasteiger partial charge is 0.342 e. The molecule has 0 spiro atoms. The zero-order valence-electron chi connectivity index (χ0n) is 12.3. The molecule has 2 fully saturated rings. The number of likely N-dealkylation sites (tertiary alicyclic amines) is 1. The summed E-state index contributed by atoms with van der Waals surface area (Å²) >= 11 is 1.78. The Morgan fingerprint density at radius 3 is 2.55 bits per heavy atom. The molecule has 2 heterocycles. The number of aryl methyl sites for hydroxylation is 2. The molecule has 3 rings (SSSR count). The van der Waals surface area contributed by atoms with Crippen molar-refractivity contribution >= 4 is 17.2 Å². The average Bonchev–Trinajstić information content (AvgIpc) is 3.23. The number of nitrogens with one attached hydrogen (secondary N) is 1. The molecule has 0 radical (unpaired) electrons. The average molecular weight is 293 g/mol. The Kier molecular flexibility index (Phi) is 4.08. The van der Waals surface area contributed by atoms with E-state index in [1.165, 1.54) is 4.88 Å². The predicted octanol–water partition coefficient (Wildman–Crippen LogP) is 2.25. The van der Waals surface area contributed by atoms with Crippen LogP contribution < -0.4 is 5.32 Å². The van der Waals surface area contributed by atoms with Crippen LogP contribution in [0, 0.1) is 19.8 Å². The number of piperidine rings is 1. The van der Waals surface area contributed by atoms with Crippen LogP contribution in [0.4, 0.5) is 0 Å². The van der Waals surface area contributed by atoms with Crippen molar-refractivity contribution in [2.45, 2.75) is 52.1 Å². The highest BCUT2D eigenvalue weighted by Crippen LogP contribution is 2.31. The van der Waals surface area contributed by atoms with E-state index < -0.39 is 0 Å². The topological polar surface area (TPSA) is 45.2 Å². The number of amides is 1. The Labute approximate surface area is 124 Å². The van der Waals surface area contributed by atoms with E-state index in [2.05, 4.69) is 29.0 Å². The third-order valence-corrected chi connectivity index (χ3v) is 5.36. The molecule has 5 heteroatoms. The molecule has 20 heavy (non-hydrogen) atoms. The zero-order valence-corrected chi connectivity index (χ0v) is 13.1. The normalized spacial score (nSPS) is 20.4. The third-order valence-electron chi connectivity index (χ3n) is 4.28. The summed E-state index contributed by atoms with van der Waals surface area (Å²) in [6.07, 6.45) is 4.38. The molecule has 4 nitrogen and oxygen atoms in total. The van der Waals surface area contributed by atoms with Gasteiger partial charge in [-0.05, 0) is 39.5 Å². The van der Waals surface area contributed by atoms with Gasteiger partial charge in [-0.15, -0.1) is 11.3 Å². The quantitative estimate of drug-likeness (QED) is 0.926. The van der Waals surface area contributed by atoms with Crippen LogP contribution in [0.5, 0.6) is 0 Å². The summed E-state index contributed by atoms with van der Waals surface area (Å²) in [7, 11) is 0. The smallest absolute Gasteiger partial charge is 0.225 e. The van der Waals surface area contributed by atoms with Gasteiger partial charge in [-0.2, -0.15) is 0 Å². The zero-order chi connectivity index (χ0) is 14.1. The van der Waals surface area contributed by atoms with Crippen LogP contribution in [-0.2, 0) is 11.3 Å². The minimum absolute atomic E-state index is 0.363. The summed E-state index contributed by atoms with van der Waals surface area (Å²) in [5.41, 5.74) is 1.15. The lowest BCUT2D eigenvalue weighted by atomic mass is 10.0. The van der Waals surface area contributed by atoms with Crippen LogP contribution in [-0.4, -0.2) is 34.9 Å². The number of thiazole rings is 1. The van der Waals surface area contributed by atoms with Crippen LogP contribution in [0.1, 0.15) is 41.3 Å². The second kappa shape index (κ2) is 5.82. The van der Waals surface area contributed by atoms with E-state index in [1.807, 2.05) is 0 Å². The van der Waals surface area contributed by atoms with E-state index >= 15 is 0 Å². The number of aromatic nitrogens is 1. The number of carbonyl (C=O) groups excluding carboxylic acids is 1. The van der Waals surface area contributed by atoms with Gasteiger partial charge in [-0.3, -0.25) is 4.79 Å². The monoisotopic (exact) mass is 293 g/mol. The lowest BCUT2D eigenvalue weighted by molar-refractivity contribution is -0.133. The van der Waals surface area contributed by atoms with Crippen molar-refractivity contribution in [2.24, 2.45) is 5.92 Å². The molecule has 0 atom stereocenters. The highest BCUT2D eigenvalue weighted by molar-refractivity contribution is 7.11. The van der Waals surface area contributed by atoms with Crippen LogP contribution in [0.3, 0.4) is 0 Å². The second-order valence-electron chi connectivity index (χ2n) is 6.00. The summed E-state index contributed by atoms with van der Waals surface area (Å²) in [4.78, 5) is 19.9. The molecule has 1 amide bonds. The van der Waals surface area contributed by atoms with E-state index in [1.54, 1.807) is 11.3 Å². The minimum Gasteiger partial charge on any atom is -0.342 e. The highest BCUT2D eigenvalue weighted by atomic mass is 32.1. The lowest BCUT2D eigenvalue weighted by Crippen LogP contribution is -2.45. The first-order chi connectivity index (χ1) is 9.63. The first-order valence-corrected chi connectivity index (χ1v) is 8.40. The molecule has 1 aromatic rings. The first kappa shape index (κ1) is 14.0. The molecule has 1 aliphatic carbocycles. The Morgan fingerprint density at radius 2 is 2.00 bits per heavy atom. The number of nitrogens with zero attached hydrogens (tertiary/aromatic N) is 2. The van der Waals surface area contributed by atoms with Crippen molar-refractivity contribution in [3.05, 3.63) is 15.6 Å². The Morgan fingerprint density at radius 1 is 1.30 bits per heavy atom. The molecule has 110 valence electrons. The number of rotatable bonds is 4. The summed E-state index contributed by atoms with van der Waals surface area (Å²) in [5.74, 6) is 0.764. The first-order valence-electron chi connectivity index (χ1n) is 7.58. The SMILES string of the molecule is Cc1nc(C)c(CNC2CCN(C(=O)C3CC3)CC2)s1. The van der Waals surface area contributed by atoms with E-state index in [0.29, 0.717) is 17.9 Å². The van der Waals surface area contributed by atoms with Gasteiger partial charge in [0.15, 0.2) is 0 Å². The van der Waals surface area contributed by atoms with Crippen molar-refractivity contribution in [1.29, 1.82) is 0 Å². The molecule has 0 unspecified atom stereocenters. The number of carbonyl (C=O) groups is 1. The van der Waals surface area contributed by atoms with Crippen molar-refractivity contribution < 1.29 is 4.79 Å². The van der Waals surface area contributed by atoms with Gasteiger partial charge in [0.2, 0.25) is 5.91 Å². The van der Waals surface area contributed by atoms with Gasteiger partial charge in [0, 0.05) is 36.5 Å². The van der Waals surface area contributed by atoms with Crippen LogP contribution in [0.2, 0.25) is 0 Å². The Bertz CT molecular complexity index is 487. The van der Waals surface area contributed by atoms with Gasteiger partial charge < -0.3 is 10.2 Å². The second-order valence-corrected chi connectivity index (χ2v) is 7.28. The Balaban J connectivity index is 1.44. The van der Waals surface area contributed by atoms with Crippen LogP contribution in [0.15, 0.2) is 0 Å². The van der Waals surface area contributed by atoms with Crippen molar-refractivity contribution in [1.82, 2.24) is 15.2 Å². The molecule has 1 N–H and O–H groups in total. The van der Waals surface area contributed by atoms with E-state index in [-0.39, 0.29) is 0 Å². The van der Waals surface area contributed by atoms with Gasteiger partial charge in [-0.1, -0.05) is 0 Å². The molecule has 1 saturated carbocycles. The van der Waals surface area contributed by atoms with Crippen LogP contribution in [0.25, 0.3) is 0 Å². The number of hydrogen-bond donors (Lipinski definition) is 1. The van der Waals surface area contributed by atoms with Gasteiger partial charge >= 0.3 is 0 Å². The van der Waals surface area contributed by atoms with Gasteiger partial charge in [0.25, 0.3) is 0 Å². The molecule has 1 aliphatic heterocycles. The maximum atomic E-state index is 12.0. The summed E-state index contributed by atoms with van der Waals surface area (Å²) in [5, 5.41) is 4.77. The van der Waals surface area contributed by atoms with Gasteiger partial charge in [0.1, 0.15) is 0 Å². The maximum absolute atomic E-state index is 12.0. The van der Waals surface area contributed by atoms with Gasteiger partial charge in [0.05, 0.1) is 10.7 Å². The number of hydrogen-bond acceptors (Lipinski definition) is 4. The molecule has 0 bridgehead atoms. The van der Waals surface area contributed by atoms with Crippen molar-refractivity contribution in [3.63, 3.8) is 0 Å². The standard InChI is InChI=1S/C15H23N3OS/c1-10-14(20-11(2)17-10)9-16-13-5-7-18(8-6-13)15(19)12-3-4-12/h12-13,16H,3-9H2,1-2H3. The van der Waals surface area contributed by atoms with Crippen molar-refractivity contribution in [3.8, 4) is 0 Å². The molecular formula is C15H23N3OS. The molecule has 2 aliphatic rings. The van der Waals surface area contributed by atoms with Crippen molar-refractivity contribution in [2.75, 3.05) is 13.1 Å². The summed E-state index contributed by atoms with van der Waals surface area (Å²) < 4.78 is 0. The predicted molar refractivity (Wildman–Crippen MR) is 80.8 cm³/mol. The lowest BCUT2D eigenvalue weighted by Gasteiger charge is -2.32. The highest BCUT2D eigenvalue weighted by Gasteiger charge is 2.34. The Hall–Kier alpha value is -0.940. The molecule has 1 saturated heterocycles. The summed E-state index contributed by atoms with van der Waals surface area (Å²) in [6, 6.07) is 0.542. The molecular weight excluding hydrogens is 270 g/mol. The van der Waals surface area contributed by atoms with Crippen LogP contribution >= 0.6 is 11.3 Å². The summed E-state index contributed by atoms with van der Waals surface area (Å²) in [6.45, 7) is 6.90. The van der Waals surface area contributed by atoms with E-state index in [9.17, 15) is 4.79 Å². The maximum Gasteiger partial charge on any atom is 0.225 e. The fourth-order valence-corrected chi connectivity index (χ4v) is 3.76. The third kappa shape index (κ3) is 3.20. The van der Waals surface area contributed by atoms with Gasteiger partial charge in [-0.25, -0.2) is 4.98 Å². The van der Waals surface area contributed by atoms with E-state index in [0.717, 1.165) is 56.0 Å². The fraction of sp³-hybridized carbons (Fsp3) is 0.733. The van der Waals surface area contributed by atoms with E-state index in [4.69, 9.17) is 0 Å². The fourth-order valence-electron chi connectivity index (χ4n) is 2.87. The molecule has 0 aromatic carbocycles. The minimum atomic E-state index is 0.363.